The van der Waals surface area contributed by atoms with E-state index in [-0.39, 0.29) is 5.82 Å². The summed E-state index contributed by atoms with van der Waals surface area (Å²) in [5.41, 5.74) is 8.02. The lowest BCUT2D eigenvalue weighted by Crippen LogP contribution is -1.99. The largest absolute Gasteiger partial charge is 0.384 e. The second-order valence-electron chi connectivity index (χ2n) is 4.19. The minimum absolute atomic E-state index is 0.298. The molecule has 0 radical (unpaired) electrons. The zero-order valence-electron chi connectivity index (χ0n) is 10.4. The van der Waals surface area contributed by atoms with Crippen LogP contribution in [0.3, 0.4) is 0 Å². The number of aromatic nitrogens is 2. The van der Waals surface area contributed by atoms with E-state index in [0.717, 1.165) is 18.4 Å². The molecule has 0 bridgehead atoms. The molecule has 0 amide bonds. The highest BCUT2D eigenvalue weighted by atomic mass is 79.9. The van der Waals surface area contributed by atoms with Crippen LogP contribution in [0.4, 0.5) is 10.2 Å². The number of nitrogens with zero attached hydrogens (tertiary/aromatic N) is 2. The van der Waals surface area contributed by atoms with Crippen LogP contribution < -0.4 is 5.73 Å². The van der Waals surface area contributed by atoms with Gasteiger partial charge in [-0.3, -0.25) is 4.68 Å². The molecule has 1 heterocycles. The Morgan fingerprint density at radius 3 is 2.83 bits per heavy atom. The molecular formula is C13H15BrFN3. The lowest BCUT2D eigenvalue weighted by Gasteiger charge is -2.04. The third-order valence-corrected chi connectivity index (χ3v) is 3.51. The van der Waals surface area contributed by atoms with Gasteiger partial charge in [0.1, 0.15) is 17.3 Å². The topological polar surface area (TPSA) is 43.8 Å². The van der Waals surface area contributed by atoms with Crippen LogP contribution >= 0.6 is 15.9 Å². The predicted molar refractivity (Wildman–Crippen MR) is 74.7 cm³/mol. The van der Waals surface area contributed by atoms with Crippen molar-refractivity contribution in [2.75, 3.05) is 5.73 Å². The minimum Gasteiger partial charge on any atom is -0.384 e. The van der Waals surface area contributed by atoms with Crippen molar-refractivity contribution < 1.29 is 4.39 Å². The maximum Gasteiger partial charge on any atom is 0.146 e. The van der Waals surface area contributed by atoms with Crippen molar-refractivity contribution in [1.82, 2.24) is 9.78 Å². The van der Waals surface area contributed by atoms with E-state index in [4.69, 9.17) is 5.73 Å². The fraction of sp³-hybridized carbons (Fsp3) is 0.308. The van der Waals surface area contributed by atoms with Gasteiger partial charge in [0.2, 0.25) is 0 Å². The van der Waals surface area contributed by atoms with Crippen molar-refractivity contribution in [3.05, 3.63) is 34.1 Å². The van der Waals surface area contributed by atoms with Crippen LogP contribution in [0.5, 0.6) is 0 Å². The van der Waals surface area contributed by atoms with Gasteiger partial charge >= 0.3 is 0 Å². The third-order valence-electron chi connectivity index (χ3n) is 2.90. The van der Waals surface area contributed by atoms with Gasteiger partial charge < -0.3 is 5.73 Å². The molecule has 96 valence electrons. The second kappa shape index (κ2) is 5.10. The summed E-state index contributed by atoms with van der Waals surface area (Å²) < 4.78 is 16.1. The molecule has 0 unspecified atom stereocenters. The van der Waals surface area contributed by atoms with Crippen LogP contribution in [-0.4, -0.2) is 9.78 Å². The lowest BCUT2D eigenvalue weighted by molar-refractivity contribution is 0.623. The number of hydrogen-bond acceptors (Lipinski definition) is 2. The molecule has 0 saturated heterocycles. The summed E-state index contributed by atoms with van der Waals surface area (Å²) in [6, 6.07) is 5.19. The van der Waals surface area contributed by atoms with Crippen molar-refractivity contribution in [1.29, 1.82) is 0 Å². The van der Waals surface area contributed by atoms with Gasteiger partial charge in [-0.1, -0.05) is 19.4 Å². The fourth-order valence-corrected chi connectivity index (χ4v) is 2.35. The summed E-state index contributed by atoms with van der Waals surface area (Å²) in [5.74, 6) is 0.305. The molecule has 0 fully saturated rings. The Morgan fingerprint density at radius 2 is 2.17 bits per heavy atom. The highest BCUT2D eigenvalue weighted by Crippen LogP contribution is 2.32. The Hall–Kier alpha value is -1.36. The van der Waals surface area contributed by atoms with Crippen molar-refractivity contribution in [2.24, 2.45) is 7.05 Å². The number of hydrogen-bond donors (Lipinski definition) is 1. The van der Waals surface area contributed by atoms with Crippen LogP contribution in [0, 0.1) is 5.82 Å². The maximum absolute atomic E-state index is 14.1. The lowest BCUT2D eigenvalue weighted by atomic mass is 10.0. The van der Waals surface area contributed by atoms with Crippen LogP contribution in [0.25, 0.3) is 11.3 Å². The van der Waals surface area contributed by atoms with Crippen molar-refractivity contribution in [2.45, 2.75) is 19.8 Å². The molecule has 0 aliphatic carbocycles. The molecule has 0 aliphatic heterocycles. The van der Waals surface area contributed by atoms with Crippen LogP contribution in [0.15, 0.2) is 22.7 Å². The standard InChI is InChI=1S/C13H15BrFN3/c1-3-5-9-12(17-18(2)13(9)16)8-6-4-7-10(14)11(8)15/h4,6-7H,3,5,16H2,1-2H3. The first-order valence-electron chi connectivity index (χ1n) is 5.82. The first-order chi connectivity index (χ1) is 8.56. The van der Waals surface area contributed by atoms with E-state index in [1.54, 1.807) is 29.9 Å². The number of benzene rings is 1. The molecule has 2 rings (SSSR count). The maximum atomic E-state index is 14.1. The van der Waals surface area contributed by atoms with E-state index in [9.17, 15) is 4.39 Å². The van der Waals surface area contributed by atoms with Gasteiger partial charge in [0, 0.05) is 18.2 Å². The van der Waals surface area contributed by atoms with Crippen molar-refractivity contribution in [3.63, 3.8) is 0 Å². The van der Waals surface area contributed by atoms with Crippen LogP contribution in [0.2, 0.25) is 0 Å². The zero-order valence-corrected chi connectivity index (χ0v) is 12.0. The molecule has 2 aromatic rings. The summed E-state index contributed by atoms with van der Waals surface area (Å²) in [4.78, 5) is 0. The Morgan fingerprint density at radius 1 is 1.44 bits per heavy atom. The normalized spacial score (nSPS) is 10.9. The summed E-state index contributed by atoms with van der Waals surface area (Å²) in [6.45, 7) is 2.06. The SMILES string of the molecule is CCCc1c(-c2cccc(Br)c2F)nn(C)c1N. The van der Waals surface area contributed by atoms with Gasteiger partial charge in [-0.15, -0.1) is 0 Å². The molecule has 2 N–H and O–H groups in total. The number of nitrogen functional groups attached to an aromatic ring is 1. The second-order valence-corrected chi connectivity index (χ2v) is 5.04. The molecule has 0 saturated carbocycles. The Kier molecular flexibility index (Phi) is 3.71. The van der Waals surface area contributed by atoms with E-state index >= 15 is 0 Å². The van der Waals surface area contributed by atoms with Crippen LogP contribution in [-0.2, 0) is 13.5 Å². The van der Waals surface area contributed by atoms with E-state index < -0.39 is 0 Å². The van der Waals surface area contributed by atoms with E-state index in [0.29, 0.717) is 21.5 Å². The van der Waals surface area contributed by atoms with Gasteiger partial charge in [-0.05, 0) is 34.5 Å². The molecule has 0 spiro atoms. The Labute approximate surface area is 114 Å². The first-order valence-corrected chi connectivity index (χ1v) is 6.61. The first kappa shape index (κ1) is 13.1. The molecule has 1 aromatic carbocycles. The highest BCUT2D eigenvalue weighted by molar-refractivity contribution is 9.10. The van der Waals surface area contributed by atoms with Gasteiger partial charge in [0.15, 0.2) is 0 Å². The number of rotatable bonds is 3. The predicted octanol–water partition coefficient (Wildman–Crippen LogP) is 3.52. The molecule has 1 aromatic heterocycles. The average Bonchev–Trinajstić information content (AvgIpc) is 2.61. The summed E-state index contributed by atoms with van der Waals surface area (Å²) >= 11 is 3.19. The summed E-state index contributed by atoms with van der Waals surface area (Å²) in [7, 11) is 1.77. The molecule has 0 aliphatic rings. The summed E-state index contributed by atoms with van der Waals surface area (Å²) in [5, 5.41) is 4.33. The minimum atomic E-state index is -0.298. The monoisotopic (exact) mass is 311 g/mol. The smallest absolute Gasteiger partial charge is 0.146 e. The number of aryl methyl sites for hydroxylation is 1. The Bertz CT molecular complexity index is 578. The highest BCUT2D eigenvalue weighted by Gasteiger charge is 2.18. The van der Waals surface area contributed by atoms with Gasteiger partial charge in [-0.25, -0.2) is 4.39 Å². The van der Waals surface area contributed by atoms with Gasteiger partial charge in [-0.2, -0.15) is 5.10 Å². The number of halogens is 2. The van der Waals surface area contributed by atoms with Crippen molar-refractivity contribution in [3.8, 4) is 11.3 Å². The summed E-state index contributed by atoms with van der Waals surface area (Å²) in [6.07, 6.45) is 1.74. The van der Waals surface area contributed by atoms with Crippen molar-refractivity contribution >= 4 is 21.7 Å². The van der Waals surface area contributed by atoms with E-state index in [2.05, 4.69) is 28.0 Å². The van der Waals surface area contributed by atoms with E-state index in [1.807, 2.05) is 0 Å². The van der Waals surface area contributed by atoms with Gasteiger partial charge in [0.05, 0.1) is 4.47 Å². The van der Waals surface area contributed by atoms with E-state index in [1.165, 1.54) is 0 Å². The Balaban J connectivity index is 2.63. The molecule has 0 atom stereocenters. The van der Waals surface area contributed by atoms with Crippen LogP contribution in [0.1, 0.15) is 18.9 Å². The molecule has 5 heteroatoms. The number of nitrogens with two attached hydrogens (primary N) is 1. The average molecular weight is 312 g/mol. The quantitative estimate of drug-likeness (QED) is 0.942. The molecule has 18 heavy (non-hydrogen) atoms. The third kappa shape index (κ3) is 2.14. The molecular weight excluding hydrogens is 297 g/mol. The zero-order chi connectivity index (χ0) is 13.3. The fourth-order valence-electron chi connectivity index (χ4n) is 1.98. The number of anilines is 1. The van der Waals surface area contributed by atoms with Gasteiger partial charge in [0.25, 0.3) is 0 Å². The molecule has 3 nitrogen and oxygen atoms in total.